The lowest BCUT2D eigenvalue weighted by Crippen LogP contribution is -1.99. The maximum Gasteiger partial charge on any atom is 0.172 e. The quantitative estimate of drug-likeness (QED) is 0.889. The number of benzene rings is 1. The molecule has 1 aromatic carbocycles. The van der Waals surface area contributed by atoms with E-state index in [4.69, 9.17) is 10.5 Å². The lowest BCUT2D eigenvalue weighted by atomic mass is 10.3. The molecule has 0 aliphatic heterocycles. The van der Waals surface area contributed by atoms with Gasteiger partial charge in [-0.1, -0.05) is 22.0 Å². The highest BCUT2D eigenvalue weighted by molar-refractivity contribution is 9.10. The molecule has 0 spiro atoms. The van der Waals surface area contributed by atoms with Gasteiger partial charge in [-0.2, -0.15) is 10.3 Å². The first-order valence-corrected chi connectivity index (χ1v) is 5.08. The van der Waals surface area contributed by atoms with Gasteiger partial charge in [0.05, 0.1) is 0 Å². The van der Waals surface area contributed by atoms with Crippen LogP contribution in [0.3, 0.4) is 0 Å². The number of nitrogens with two attached hydrogens (primary N) is 1. The third-order valence-electron chi connectivity index (χ3n) is 1.82. The standard InChI is InChI=1S/C9H9BrN4O/c10-6-2-1-3-7(4-6)15-5-8-9(11)13-14-12-8/h1-4H,5H2,(H3,11,12,13,14). The lowest BCUT2D eigenvalue weighted by molar-refractivity contribution is 0.301. The normalized spacial score (nSPS) is 10.2. The monoisotopic (exact) mass is 268 g/mol. The van der Waals surface area contributed by atoms with E-state index in [2.05, 4.69) is 31.3 Å². The molecular weight excluding hydrogens is 260 g/mol. The summed E-state index contributed by atoms with van der Waals surface area (Å²) in [4.78, 5) is 0. The van der Waals surface area contributed by atoms with E-state index in [1.165, 1.54) is 0 Å². The van der Waals surface area contributed by atoms with E-state index in [0.717, 1.165) is 10.2 Å². The van der Waals surface area contributed by atoms with Gasteiger partial charge in [0, 0.05) is 4.47 Å². The predicted octanol–water partition coefficient (Wildman–Crippen LogP) is 1.73. The molecule has 0 atom stereocenters. The fourth-order valence-corrected chi connectivity index (χ4v) is 1.45. The summed E-state index contributed by atoms with van der Waals surface area (Å²) in [6.45, 7) is 0.304. The van der Waals surface area contributed by atoms with Gasteiger partial charge in [-0.05, 0) is 18.2 Å². The Balaban J connectivity index is 2.02. The second-order valence-corrected chi connectivity index (χ2v) is 3.82. The zero-order chi connectivity index (χ0) is 10.7. The van der Waals surface area contributed by atoms with Crippen molar-refractivity contribution >= 4 is 21.7 Å². The molecule has 1 heterocycles. The van der Waals surface area contributed by atoms with E-state index in [1.54, 1.807) is 0 Å². The first-order chi connectivity index (χ1) is 7.25. The molecule has 2 rings (SSSR count). The Morgan fingerprint density at radius 2 is 2.27 bits per heavy atom. The van der Waals surface area contributed by atoms with Gasteiger partial charge in [0.2, 0.25) is 0 Å². The van der Waals surface area contributed by atoms with Gasteiger partial charge in [-0.3, -0.25) is 0 Å². The molecule has 15 heavy (non-hydrogen) atoms. The number of hydrogen-bond donors (Lipinski definition) is 2. The first-order valence-electron chi connectivity index (χ1n) is 4.29. The van der Waals surface area contributed by atoms with Gasteiger partial charge < -0.3 is 10.5 Å². The van der Waals surface area contributed by atoms with Gasteiger partial charge >= 0.3 is 0 Å². The summed E-state index contributed by atoms with van der Waals surface area (Å²) in [6.07, 6.45) is 0. The molecule has 6 heteroatoms. The van der Waals surface area contributed by atoms with Crippen molar-refractivity contribution in [3.8, 4) is 5.75 Å². The number of nitrogens with one attached hydrogen (secondary N) is 1. The number of nitrogens with zero attached hydrogens (tertiary/aromatic N) is 2. The highest BCUT2D eigenvalue weighted by atomic mass is 79.9. The Hall–Kier alpha value is -1.56. The van der Waals surface area contributed by atoms with E-state index in [1.807, 2.05) is 24.3 Å². The van der Waals surface area contributed by atoms with Crippen LogP contribution in [0.15, 0.2) is 28.7 Å². The van der Waals surface area contributed by atoms with Gasteiger partial charge in [-0.25, -0.2) is 0 Å². The first kappa shape index (κ1) is 9.97. The van der Waals surface area contributed by atoms with Gasteiger partial charge in [-0.15, -0.1) is 5.10 Å². The van der Waals surface area contributed by atoms with Crippen LogP contribution in [0.5, 0.6) is 5.75 Å². The molecule has 2 aromatic rings. The van der Waals surface area contributed by atoms with Crippen molar-refractivity contribution in [1.29, 1.82) is 0 Å². The van der Waals surface area contributed by atoms with Crippen LogP contribution in [0, 0.1) is 0 Å². The summed E-state index contributed by atoms with van der Waals surface area (Å²) in [5.74, 6) is 1.12. The minimum Gasteiger partial charge on any atom is -0.487 e. The second kappa shape index (κ2) is 4.31. The van der Waals surface area contributed by atoms with E-state index < -0.39 is 0 Å². The van der Waals surface area contributed by atoms with Crippen molar-refractivity contribution < 1.29 is 4.74 Å². The number of H-pyrrole nitrogens is 1. The van der Waals surface area contributed by atoms with Crippen LogP contribution in [-0.2, 0) is 6.61 Å². The van der Waals surface area contributed by atoms with Gasteiger partial charge in [0.15, 0.2) is 5.82 Å². The van der Waals surface area contributed by atoms with Crippen molar-refractivity contribution in [2.45, 2.75) is 6.61 Å². The fraction of sp³-hybridized carbons (Fsp3) is 0.111. The molecule has 0 unspecified atom stereocenters. The fourth-order valence-electron chi connectivity index (χ4n) is 1.08. The van der Waals surface area contributed by atoms with E-state index in [0.29, 0.717) is 18.1 Å². The molecule has 0 aliphatic carbocycles. The summed E-state index contributed by atoms with van der Waals surface area (Å²) in [6, 6.07) is 7.56. The largest absolute Gasteiger partial charge is 0.487 e. The molecular formula is C9H9BrN4O. The molecule has 0 saturated heterocycles. The van der Waals surface area contributed by atoms with Gasteiger partial charge in [0.25, 0.3) is 0 Å². The highest BCUT2D eigenvalue weighted by Crippen LogP contribution is 2.19. The SMILES string of the molecule is Nc1n[nH]nc1COc1cccc(Br)c1. The minimum absolute atomic E-state index is 0.304. The van der Waals surface area contributed by atoms with E-state index in [-0.39, 0.29) is 0 Å². The summed E-state index contributed by atoms with van der Waals surface area (Å²) < 4.78 is 6.45. The molecule has 0 aliphatic rings. The molecule has 5 nitrogen and oxygen atoms in total. The van der Waals surface area contributed by atoms with Crippen molar-refractivity contribution in [3.05, 3.63) is 34.4 Å². The topological polar surface area (TPSA) is 76.8 Å². The van der Waals surface area contributed by atoms with Crippen LogP contribution in [0.4, 0.5) is 5.82 Å². The van der Waals surface area contributed by atoms with Crippen molar-refractivity contribution in [3.63, 3.8) is 0 Å². The molecule has 0 saturated carbocycles. The van der Waals surface area contributed by atoms with Crippen LogP contribution in [0.25, 0.3) is 0 Å². The Labute approximate surface area is 94.8 Å². The van der Waals surface area contributed by atoms with Crippen molar-refractivity contribution in [1.82, 2.24) is 15.4 Å². The number of rotatable bonds is 3. The van der Waals surface area contributed by atoms with Crippen LogP contribution < -0.4 is 10.5 Å². The zero-order valence-corrected chi connectivity index (χ0v) is 9.36. The summed E-state index contributed by atoms with van der Waals surface area (Å²) in [5.41, 5.74) is 6.15. The van der Waals surface area contributed by atoms with Crippen molar-refractivity contribution in [2.75, 3.05) is 5.73 Å². The maximum absolute atomic E-state index is 5.54. The van der Waals surface area contributed by atoms with E-state index in [9.17, 15) is 0 Å². The summed E-state index contributed by atoms with van der Waals surface area (Å²) in [7, 11) is 0. The van der Waals surface area contributed by atoms with Crippen molar-refractivity contribution in [2.24, 2.45) is 0 Å². The van der Waals surface area contributed by atoms with Crippen LogP contribution >= 0.6 is 15.9 Å². The Bertz CT molecular complexity index is 457. The average molecular weight is 269 g/mol. The number of aromatic nitrogens is 3. The second-order valence-electron chi connectivity index (χ2n) is 2.90. The van der Waals surface area contributed by atoms with Crippen LogP contribution in [0.1, 0.15) is 5.69 Å². The predicted molar refractivity (Wildman–Crippen MR) is 59.3 cm³/mol. The Kier molecular flexibility index (Phi) is 2.86. The molecule has 0 amide bonds. The van der Waals surface area contributed by atoms with Crippen LogP contribution in [-0.4, -0.2) is 15.4 Å². The van der Waals surface area contributed by atoms with E-state index >= 15 is 0 Å². The average Bonchev–Trinajstić information content (AvgIpc) is 2.61. The third-order valence-corrected chi connectivity index (χ3v) is 2.32. The number of halogens is 1. The number of anilines is 1. The third kappa shape index (κ3) is 2.47. The lowest BCUT2D eigenvalue weighted by Gasteiger charge is -2.04. The molecule has 1 aromatic heterocycles. The summed E-state index contributed by atoms with van der Waals surface area (Å²) in [5, 5.41) is 9.99. The minimum atomic E-state index is 0.304. The van der Waals surface area contributed by atoms with Gasteiger partial charge in [0.1, 0.15) is 18.1 Å². The van der Waals surface area contributed by atoms with Crippen LogP contribution in [0.2, 0.25) is 0 Å². The maximum atomic E-state index is 5.54. The highest BCUT2D eigenvalue weighted by Gasteiger charge is 2.04. The number of ether oxygens (including phenoxy) is 1. The molecule has 0 fully saturated rings. The number of hydrogen-bond acceptors (Lipinski definition) is 4. The Morgan fingerprint density at radius 1 is 1.40 bits per heavy atom. The number of aromatic amines is 1. The molecule has 0 radical (unpaired) electrons. The summed E-state index contributed by atoms with van der Waals surface area (Å²) >= 11 is 3.36. The Morgan fingerprint density at radius 3 is 2.93 bits per heavy atom. The zero-order valence-electron chi connectivity index (χ0n) is 7.77. The molecule has 0 bridgehead atoms. The smallest absolute Gasteiger partial charge is 0.172 e. The molecule has 78 valence electrons. The number of nitrogen functional groups attached to an aromatic ring is 1. The molecule has 3 N–H and O–H groups in total.